The van der Waals surface area contributed by atoms with Gasteiger partial charge in [0.15, 0.2) is 5.11 Å². The van der Waals surface area contributed by atoms with E-state index in [4.69, 9.17) is 21.7 Å². The molecule has 0 unspecified atom stereocenters. The number of para-hydroxylation sites is 2. The molecule has 0 saturated heterocycles. The molecule has 0 aromatic heterocycles. The molecule has 30 heavy (non-hydrogen) atoms. The minimum absolute atomic E-state index is 0.180. The molecular formula is C23H27BrN2O3S. The third-order valence-electron chi connectivity index (χ3n) is 3.98. The molecule has 7 heteroatoms. The van der Waals surface area contributed by atoms with Crippen LogP contribution < -0.4 is 20.1 Å². The molecule has 2 rings (SSSR count). The number of hydrogen-bond donors (Lipinski definition) is 2. The first kappa shape index (κ1) is 23.9. The summed E-state index contributed by atoms with van der Waals surface area (Å²) < 4.78 is 12.2. The number of rotatable bonds is 9. The smallest absolute Gasteiger partial charge is 0.257 e. The van der Waals surface area contributed by atoms with Gasteiger partial charge in [-0.05, 0) is 83.3 Å². The van der Waals surface area contributed by atoms with Gasteiger partial charge in [-0.25, -0.2) is 0 Å². The lowest BCUT2D eigenvalue weighted by Gasteiger charge is -2.15. The van der Waals surface area contributed by atoms with Gasteiger partial charge >= 0.3 is 0 Å². The van der Waals surface area contributed by atoms with Crippen LogP contribution in [-0.2, 0) is 0 Å². The van der Waals surface area contributed by atoms with Crippen molar-refractivity contribution in [3.05, 3.63) is 64.7 Å². The molecule has 5 nitrogen and oxygen atoms in total. The van der Waals surface area contributed by atoms with E-state index in [1.807, 2.05) is 31.2 Å². The zero-order valence-corrected chi connectivity index (χ0v) is 19.9. The van der Waals surface area contributed by atoms with Crippen LogP contribution in [0.15, 0.2) is 59.1 Å². The topological polar surface area (TPSA) is 59.6 Å². The van der Waals surface area contributed by atoms with Gasteiger partial charge in [-0.1, -0.05) is 32.6 Å². The van der Waals surface area contributed by atoms with E-state index >= 15 is 0 Å². The van der Waals surface area contributed by atoms with Crippen LogP contribution >= 0.6 is 28.1 Å². The summed E-state index contributed by atoms with van der Waals surface area (Å²) in [5, 5.41) is 5.88. The van der Waals surface area contributed by atoms with E-state index in [-0.39, 0.29) is 11.0 Å². The maximum absolute atomic E-state index is 12.6. The van der Waals surface area contributed by atoms with Gasteiger partial charge in [-0.15, -0.1) is 0 Å². The highest BCUT2D eigenvalue weighted by Crippen LogP contribution is 2.27. The van der Waals surface area contributed by atoms with Gasteiger partial charge in [-0.2, -0.15) is 0 Å². The Bertz CT molecular complexity index is 915. The van der Waals surface area contributed by atoms with Gasteiger partial charge in [-0.3, -0.25) is 10.1 Å². The van der Waals surface area contributed by atoms with E-state index in [2.05, 4.69) is 47.0 Å². The molecule has 0 spiro atoms. The fraction of sp³-hybridized carbons (Fsp3) is 0.304. The first-order valence-electron chi connectivity index (χ1n) is 9.67. The normalized spacial score (nSPS) is 10.4. The average molecular weight is 491 g/mol. The van der Waals surface area contributed by atoms with Gasteiger partial charge in [0.05, 0.1) is 16.8 Å². The van der Waals surface area contributed by atoms with Crippen LogP contribution in [0, 0.1) is 5.92 Å². The lowest BCUT2D eigenvalue weighted by atomic mass is 10.1. The molecule has 2 aromatic carbocycles. The van der Waals surface area contributed by atoms with E-state index in [1.165, 1.54) is 0 Å². The van der Waals surface area contributed by atoms with Crippen molar-refractivity contribution < 1.29 is 14.3 Å². The quantitative estimate of drug-likeness (QED) is 0.335. The maximum Gasteiger partial charge on any atom is 0.257 e. The number of carbonyl (C=O) groups excluding carboxylic acids is 1. The second-order valence-corrected chi connectivity index (χ2v) is 8.59. The zero-order chi connectivity index (χ0) is 22.1. The van der Waals surface area contributed by atoms with E-state index in [9.17, 15) is 4.79 Å². The molecule has 0 aliphatic rings. The van der Waals surface area contributed by atoms with Gasteiger partial charge in [0.2, 0.25) is 0 Å². The van der Waals surface area contributed by atoms with Crippen LogP contribution in [0.2, 0.25) is 0 Å². The molecule has 0 bridgehead atoms. The Morgan fingerprint density at radius 2 is 1.90 bits per heavy atom. The van der Waals surface area contributed by atoms with Crippen LogP contribution in [0.1, 0.15) is 37.6 Å². The van der Waals surface area contributed by atoms with Gasteiger partial charge in [0.25, 0.3) is 5.91 Å². The number of anilines is 1. The molecule has 0 fully saturated rings. The summed E-state index contributed by atoms with van der Waals surface area (Å²) >= 11 is 8.76. The second kappa shape index (κ2) is 11.7. The van der Waals surface area contributed by atoms with Crippen LogP contribution in [0.25, 0.3) is 0 Å². The molecule has 2 N–H and O–H groups in total. The second-order valence-electron chi connectivity index (χ2n) is 7.33. The van der Waals surface area contributed by atoms with Gasteiger partial charge in [0, 0.05) is 5.56 Å². The first-order valence-corrected chi connectivity index (χ1v) is 10.9. The number of amides is 1. The highest BCUT2D eigenvalue weighted by molar-refractivity contribution is 9.10. The van der Waals surface area contributed by atoms with E-state index < -0.39 is 0 Å². The minimum Gasteiger partial charge on any atom is -0.492 e. The summed E-state index contributed by atoms with van der Waals surface area (Å²) in [7, 11) is 0. The standard InChI is InChI=1S/C23H27BrN2O3S/c1-15(2)11-12-28-20-10-9-17(13-18(20)24)22(27)26-23(30)25-19-7-5-6-8-21(19)29-14-16(3)4/h5-10,13,15H,3,11-12,14H2,1-2,4H3,(H2,25,26,27,30). The molecule has 1 amide bonds. The summed E-state index contributed by atoms with van der Waals surface area (Å²) in [5.41, 5.74) is 2.04. The third-order valence-corrected chi connectivity index (χ3v) is 4.81. The lowest BCUT2D eigenvalue weighted by molar-refractivity contribution is 0.0977. The number of carbonyl (C=O) groups is 1. The number of halogens is 1. The van der Waals surface area contributed by atoms with Crippen molar-refractivity contribution in [3.8, 4) is 11.5 Å². The Morgan fingerprint density at radius 1 is 1.17 bits per heavy atom. The Kier molecular flexibility index (Phi) is 9.33. The van der Waals surface area contributed by atoms with Crippen LogP contribution in [-0.4, -0.2) is 24.2 Å². The Balaban J connectivity index is 1.97. The highest BCUT2D eigenvalue weighted by Gasteiger charge is 2.12. The predicted octanol–water partition coefficient (Wildman–Crippen LogP) is 5.96. The van der Waals surface area contributed by atoms with Crippen LogP contribution in [0.5, 0.6) is 11.5 Å². The zero-order valence-electron chi connectivity index (χ0n) is 17.5. The number of benzene rings is 2. The molecular weight excluding hydrogens is 464 g/mol. The fourth-order valence-electron chi connectivity index (χ4n) is 2.39. The number of hydrogen-bond acceptors (Lipinski definition) is 4. The molecule has 0 heterocycles. The summed E-state index contributed by atoms with van der Waals surface area (Å²) in [6.45, 7) is 11.0. The summed E-state index contributed by atoms with van der Waals surface area (Å²) in [6, 6.07) is 12.6. The number of ether oxygens (including phenoxy) is 2. The van der Waals surface area contributed by atoms with Gasteiger partial charge < -0.3 is 14.8 Å². The van der Waals surface area contributed by atoms with Crippen molar-refractivity contribution in [1.29, 1.82) is 0 Å². The summed E-state index contributed by atoms with van der Waals surface area (Å²) in [4.78, 5) is 12.6. The highest BCUT2D eigenvalue weighted by atomic mass is 79.9. The van der Waals surface area contributed by atoms with Crippen molar-refractivity contribution >= 4 is 44.9 Å². The van der Waals surface area contributed by atoms with Crippen LogP contribution in [0.4, 0.5) is 5.69 Å². The van der Waals surface area contributed by atoms with E-state index in [1.54, 1.807) is 18.2 Å². The van der Waals surface area contributed by atoms with Crippen molar-refractivity contribution in [2.75, 3.05) is 18.5 Å². The molecule has 0 saturated carbocycles. The Morgan fingerprint density at radius 3 is 2.57 bits per heavy atom. The summed E-state index contributed by atoms with van der Waals surface area (Å²) in [6.07, 6.45) is 0.964. The fourth-order valence-corrected chi connectivity index (χ4v) is 3.09. The Labute approximate surface area is 192 Å². The van der Waals surface area contributed by atoms with Crippen LogP contribution in [0.3, 0.4) is 0 Å². The minimum atomic E-state index is -0.317. The SMILES string of the molecule is C=C(C)COc1ccccc1NC(=S)NC(=O)c1ccc(OCCC(C)C)c(Br)c1. The lowest BCUT2D eigenvalue weighted by Crippen LogP contribution is -2.34. The van der Waals surface area contributed by atoms with Crippen molar-refractivity contribution in [3.63, 3.8) is 0 Å². The molecule has 160 valence electrons. The van der Waals surface area contributed by atoms with Gasteiger partial charge in [0.1, 0.15) is 18.1 Å². The van der Waals surface area contributed by atoms with Crippen molar-refractivity contribution in [2.24, 2.45) is 5.92 Å². The van der Waals surface area contributed by atoms with E-state index in [0.717, 1.165) is 16.5 Å². The molecule has 0 radical (unpaired) electrons. The Hall–Kier alpha value is -2.38. The first-order chi connectivity index (χ1) is 14.3. The predicted molar refractivity (Wildman–Crippen MR) is 130 cm³/mol. The number of thiocarbonyl (C=S) groups is 1. The molecule has 0 aliphatic carbocycles. The maximum atomic E-state index is 12.6. The third kappa shape index (κ3) is 7.80. The van der Waals surface area contributed by atoms with Crippen molar-refractivity contribution in [2.45, 2.75) is 27.2 Å². The molecule has 2 aromatic rings. The largest absolute Gasteiger partial charge is 0.492 e. The average Bonchev–Trinajstić information content (AvgIpc) is 2.68. The van der Waals surface area contributed by atoms with Crippen molar-refractivity contribution in [1.82, 2.24) is 5.32 Å². The van der Waals surface area contributed by atoms with E-state index in [0.29, 0.717) is 41.9 Å². The molecule has 0 atom stereocenters. The number of nitrogens with one attached hydrogen (secondary N) is 2. The summed E-state index contributed by atoms with van der Waals surface area (Å²) in [5.74, 6) is 1.58. The molecule has 0 aliphatic heterocycles. The monoisotopic (exact) mass is 490 g/mol.